The van der Waals surface area contributed by atoms with Crippen LogP contribution in [0.25, 0.3) is 33.5 Å². The van der Waals surface area contributed by atoms with E-state index in [1.54, 1.807) is 0 Å². The molecule has 0 aliphatic carbocycles. The number of likely N-dealkylation sites (tertiary alicyclic amines) is 1. The number of aromatic amines is 1. The third-order valence-electron chi connectivity index (χ3n) is 8.31. The minimum absolute atomic E-state index is 0.668. The van der Waals surface area contributed by atoms with Crippen molar-refractivity contribution in [1.29, 1.82) is 0 Å². The first kappa shape index (κ1) is 24.0. The van der Waals surface area contributed by atoms with Crippen molar-refractivity contribution in [3.8, 4) is 11.4 Å². The number of nitrogens with one attached hydrogen (secondary N) is 1. The van der Waals surface area contributed by atoms with Crippen LogP contribution in [-0.4, -0.2) is 111 Å². The van der Waals surface area contributed by atoms with Crippen molar-refractivity contribution in [2.45, 2.75) is 25.4 Å². The number of anilines is 1. The number of imidazole rings is 1. The van der Waals surface area contributed by atoms with E-state index in [4.69, 9.17) is 24.4 Å². The van der Waals surface area contributed by atoms with Crippen LogP contribution >= 0.6 is 0 Å². The molecule has 3 aliphatic heterocycles. The van der Waals surface area contributed by atoms with Gasteiger partial charge in [0.1, 0.15) is 5.82 Å². The Kier molecular flexibility index (Phi) is 6.44. The topological polar surface area (TPSA) is 100 Å². The zero-order valence-corrected chi connectivity index (χ0v) is 22.0. The summed E-state index contributed by atoms with van der Waals surface area (Å²) < 4.78 is 13.3. The molecule has 200 valence electrons. The van der Waals surface area contributed by atoms with Crippen LogP contribution in [0.4, 0.5) is 5.82 Å². The summed E-state index contributed by atoms with van der Waals surface area (Å²) in [4.78, 5) is 30.4. The van der Waals surface area contributed by atoms with Gasteiger partial charge in [-0.1, -0.05) is 0 Å². The van der Waals surface area contributed by atoms with E-state index in [0.29, 0.717) is 25.1 Å². The molecule has 3 saturated heterocycles. The summed E-state index contributed by atoms with van der Waals surface area (Å²) in [5.74, 6) is 2.59. The number of rotatable bonds is 5. The van der Waals surface area contributed by atoms with Crippen molar-refractivity contribution in [1.82, 2.24) is 39.3 Å². The van der Waals surface area contributed by atoms with E-state index in [1.165, 1.54) is 12.8 Å². The molecule has 7 heterocycles. The number of fused-ring (bicyclic) bond motifs is 2. The Hall–Kier alpha value is -3.12. The molecule has 0 unspecified atom stereocenters. The molecular weight excluding hydrogens is 482 g/mol. The van der Waals surface area contributed by atoms with Crippen LogP contribution in [0.2, 0.25) is 0 Å². The number of piperidine rings is 1. The Morgan fingerprint density at radius 1 is 0.921 bits per heavy atom. The van der Waals surface area contributed by atoms with Crippen LogP contribution in [0.1, 0.15) is 18.7 Å². The number of hydrogen-bond acceptors (Lipinski definition) is 9. The van der Waals surface area contributed by atoms with Crippen LogP contribution in [0, 0.1) is 0 Å². The molecule has 3 fully saturated rings. The predicted molar refractivity (Wildman–Crippen MR) is 145 cm³/mol. The normalized spacial score (nSPS) is 20.6. The van der Waals surface area contributed by atoms with Crippen molar-refractivity contribution < 1.29 is 9.47 Å². The Labute approximate surface area is 221 Å². The summed E-state index contributed by atoms with van der Waals surface area (Å²) in [5.41, 5.74) is 3.63. The van der Waals surface area contributed by atoms with Crippen molar-refractivity contribution in [3.63, 3.8) is 0 Å². The number of pyridine rings is 1. The summed E-state index contributed by atoms with van der Waals surface area (Å²) in [6.45, 7) is 9.79. The highest BCUT2D eigenvalue weighted by molar-refractivity contribution is 5.94. The van der Waals surface area contributed by atoms with Gasteiger partial charge in [-0.25, -0.2) is 15.0 Å². The van der Waals surface area contributed by atoms with E-state index in [9.17, 15) is 0 Å². The van der Waals surface area contributed by atoms with Gasteiger partial charge in [0.2, 0.25) is 0 Å². The van der Waals surface area contributed by atoms with Gasteiger partial charge in [0.15, 0.2) is 22.8 Å². The SMILES string of the molecule is Cn1c(CN2CCC(N3CCOCC3)CC2)nc2c(N3CCOCC3)nc(-c3cncc4[nH]ccc34)nc21. The van der Waals surface area contributed by atoms with E-state index < -0.39 is 0 Å². The van der Waals surface area contributed by atoms with Gasteiger partial charge in [0.25, 0.3) is 0 Å². The fourth-order valence-corrected chi connectivity index (χ4v) is 6.09. The number of aryl methyl sites for hydroxylation is 1. The molecule has 0 saturated carbocycles. The molecule has 4 aromatic heterocycles. The average molecular weight is 518 g/mol. The molecule has 0 bridgehead atoms. The van der Waals surface area contributed by atoms with E-state index >= 15 is 0 Å². The van der Waals surface area contributed by atoms with E-state index in [1.807, 2.05) is 18.6 Å². The zero-order chi connectivity index (χ0) is 25.5. The maximum Gasteiger partial charge on any atom is 0.166 e. The highest BCUT2D eigenvalue weighted by atomic mass is 16.5. The van der Waals surface area contributed by atoms with Gasteiger partial charge in [-0.05, 0) is 18.9 Å². The minimum Gasteiger partial charge on any atom is -0.379 e. The van der Waals surface area contributed by atoms with Crippen molar-refractivity contribution in [2.75, 3.05) is 70.6 Å². The van der Waals surface area contributed by atoms with Crippen molar-refractivity contribution in [2.24, 2.45) is 7.05 Å². The van der Waals surface area contributed by atoms with E-state index in [2.05, 4.69) is 42.3 Å². The molecule has 0 atom stereocenters. The maximum atomic E-state index is 5.64. The highest BCUT2D eigenvalue weighted by Crippen LogP contribution is 2.31. The second kappa shape index (κ2) is 10.2. The summed E-state index contributed by atoms with van der Waals surface area (Å²) in [6.07, 6.45) is 8.02. The van der Waals surface area contributed by atoms with E-state index in [0.717, 1.165) is 98.3 Å². The number of hydrogen-bond donors (Lipinski definition) is 1. The quantitative estimate of drug-likeness (QED) is 0.426. The Balaban J connectivity index is 1.20. The smallest absolute Gasteiger partial charge is 0.166 e. The van der Waals surface area contributed by atoms with Gasteiger partial charge in [0, 0.05) is 75.7 Å². The molecule has 0 aromatic carbocycles. The number of H-pyrrole nitrogens is 1. The summed E-state index contributed by atoms with van der Waals surface area (Å²) in [6, 6.07) is 2.73. The fraction of sp³-hybridized carbons (Fsp3) is 0.556. The molecule has 0 radical (unpaired) electrons. The first-order valence-electron chi connectivity index (χ1n) is 13.8. The second-order valence-corrected chi connectivity index (χ2v) is 10.5. The molecule has 7 rings (SSSR count). The van der Waals surface area contributed by atoms with Crippen LogP contribution < -0.4 is 4.90 Å². The Morgan fingerprint density at radius 2 is 1.68 bits per heavy atom. The van der Waals surface area contributed by atoms with Gasteiger partial charge >= 0.3 is 0 Å². The van der Waals surface area contributed by atoms with Gasteiger partial charge < -0.3 is 23.9 Å². The number of morpholine rings is 2. The number of aromatic nitrogens is 6. The molecular formula is C27H35N9O2. The molecule has 0 amide bonds. The molecule has 1 N–H and O–H groups in total. The van der Waals surface area contributed by atoms with Gasteiger partial charge in [0.05, 0.1) is 44.7 Å². The van der Waals surface area contributed by atoms with Crippen LogP contribution in [0.3, 0.4) is 0 Å². The summed E-state index contributed by atoms with van der Waals surface area (Å²) in [5, 5.41) is 1.07. The average Bonchev–Trinajstić information content (AvgIpc) is 3.58. The number of ether oxygens (including phenoxy) is 2. The molecule has 11 nitrogen and oxygen atoms in total. The Morgan fingerprint density at radius 3 is 2.47 bits per heavy atom. The van der Waals surface area contributed by atoms with Crippen molar-refractivity contribution >= 4 is 27.9 Å². The third kappa shape index (κ3) is 4.43. The lowest BCUT2D eigenvalue weighted by Gasteiger charge is -2.39. The lowest BCUT2D eigenvalue weighted by atomic mass is 10.0. The first-order valence-corrected chi connectivity index (χ1v) is 13.8. The molecule has 4 aromatic rings. The Bertz CT molecular complexity index is 1410. The predicted octanol–water partition coefficient (Wildman–Crippen LogP) is 2.04. The van der Waals surface area contributed by atoms with Gasteiger partial charge in [-0.2, -0.15) is 0 Å². The molecule has 11 heteroatoms. The van der Waals surface area contributed by atoms with Crippen LogP contribution in [0.5, 0.6) is 0 Å². The fourth-order valence-electron chi connectivity index (χ4n) is 6.09. The van der Waals surface area contributed by atoms with Gasteiger partial charge in [-0.15, -0.1) is 0 Å². The third-order valence-corrected chi connectivity index (χ3v) is 8.31. The minimum atomic E-state index is 0.668. The molecule has 38 heavy (non-hydrogen) atoms. The lowest BCUT2D eigenvalue weighted by Crippen LogP contribution is -2.48. The highest BCUT2D eigenvalue weighted by Gasteiger charge is 2.28. The summed E-state index contributed by atoms with van der Waals surface area (Å²) >= 11 is 0. The summed E-state index contributed by atoms with van der Waals surface area (Å²) in [7, 11) is 2.08. The van der Waals surface area contributed by atoms with Gasteiger partial charge in [-0.3, -0.25) is 14.8 Å². The lowest BCUT2D eigenvalue weighted by molar-refractivity contribution is -0.0000147. The maximum absolute atomic E-state index is 5.64. The standard InChI is InChI=1S/C27H35N9O2/c1-33-23(18-34-6-3-19(4-7-34)35-8-12-37-13-9-35)30-24-26(33)31-25(32-27(24)36-10-14-38-15-11-36)21-16-28-17-22-20(21)2-5-29-22/h2,5,16-17,19,29H,3-4,6-15,18H2,1H3. The second-order valence-electron chi connectivity index (χ2n) is 10.5. The zero-order valence-electron chi connectivity index (χ0n) is 22.0. The number of nitrogens with zero attached hydrogens (tertiary/aromatic N) is 8. The van der Waals surface area contributed by atoms with E-state index in [-0.39, 0.29) is 0 Å². The van der Waals surface area contributed by atoms with Crippen LogP contribution in [-0.2, 0) is 23.1 Å². The first-order chi connectivity index (χ1) is 18.7. The van der Waals surface area contributed by atoms with Crippen molar-refractivity contribution in [3.05, 3.63) is 30.5 Å². The molecule has 3 aliphatic rings. The largest absolute Gasteiger partial charge is 0.379 e. The molecule has 0 spiro atoms. The van der Waals surface area contributed by atoms with Crippen LogP contribution in [0.15, 0.2) is 24.7 Å². The monoisotopic (exact) mass is 517 g/mol.